The largest absolute Gasteiger partial charge is 0.308 e. The van der Waals surface area contributed by atoms with Crippen LogP contribution in [0.15, 0.2) is 48.5 Å². The molecule has 0 unspecified atom stereocenters. The topological polar surface area (TPSA) is 15.3 Å². The molecule has 1 aliphatic heterocycles. The Balaban J connectivity index is 1.72. The molecular formula is C20H25FN2. The first-order valence-electron chi connectivity index (χ1n) is 8.42. The van der Waals surface area contributed by atoms with Crippen molar-refractivity contribution in [1.82, 2.24) is 10.2 Å². The van der Waals surface area contributed by atoms with E-state index in [0.717, 1.165) is 26.2 Å². The van der Waals surface area contributed by atoms with Gasteiger partial charge in [-0.3, -0.25) is 4.90 Å². The van der Waals surface area contributed by atoms with Gasteiger partial charge in [0.25, 0.3) is 0 Å². The second-order valence-electron chi connectivity index (χ2n) is 6.65. The number of benzene rings is 2. The third-order valence-electron chi connectivity index (χ3n) is 4.57. The molecule has 1 fully saturated rings. The Morgan fingerprint density at radius 3 is 2.61 bits per heavy atom. The van der Waals surface area contributed by atoms with Crippen LogP contribution in [0.1, 0.15) is 42.5 Å². The van der Waals surface area contributed by atoms with Gasteiger partial charge in [0, 0.05) is 32.2 Å². The first-order chi connectivity index (χ1) is 11.1. The minimum Gasteiger partial charge on any atom is -0.308 e. The minimum absolute atomic E-state index is 0.169. The van der Waals surface area contributed by atoms with E-state index in [2.05, 4.69) is 48.3 Å². The van der Waals surface area contributed by atoms with Crippen LogP contribution in [0, 0.1) is 5.82 Å². The highest BCUT2D eigenvalue weighted by Gasteiger charge is 2.23. The summed E-state index contributed by atoms with van der Waals surface area (Å²) in [4.78, 5) is 2.45. The molecule has 0 aromatic heterocycles. The molecule has 0 spiro atoms. The van der Waals surface area contributed by atoms with Gasteiger partial charge < -0.3 is 5.32 Å². The van der Waals surface area contributed by atoms with Crippen LogP contribution in [0.2, 0.25) is 0 Å². The van der Waals surface area contributed by atoms with Gasteiger partial charge in [-0.25, -0.2) is 4.39 Å². The van der Waals surface area contributed by atoms with Crippen LogP contribution >= 0.6 is 0 Å². The second-order valence-corrected chi connectivity index (χ2v) is 6.65. The van der Waals surface area contributed by atoms with E-state index in [9.17, 15) is 4.39 Å². The van der Waals surface area contributed by atoms with Gasteiger partial charge in [0.15, 0.2) is 0 Å². The molecule has 1 atom stereocenters. The molecule has 2 aromatic rings. The summed E-state index contributed by atoms with van der Waals surface area (Å²) in [5.74, 6) is 0.360. The molecule has 1 saturated heterocycles. The van der Waals surface area contributed by atoms with E-state index in [-0.39, 0.29) is 5.82 Å². The van der Waals surface area contributed by atoms with Crippen LogP contribution in [-0.4, -0.2) is 24.5 Å². The van der Waals surface area contributed by atoms with Gasteiger partial charge in [-0.05, 0) is 34.7 Å². The van der Waals surface area contributed by atoms with E-state index >= 15 is 0 Å². The summed E-state index contributed by atoms with van der Waals surface area (Å²) in [5, 5.41) is 3.65. The van der Waals surface area contributed by atoms with E-state index in [4.69, 9.17) is 0 Å². The summed E-state index contributed by atoms with van der Waals surface area (Å²) in [5.41, 5.74) is 4.00. The Morgan fingerprint density at radius 2 is 1.87 bits per heavy atom. The van der Waals surface area contributed by atoms with Crippen molar-refractivity contribution in [1.29, 1.82) is 0 Å². The van der Waals surface area contributed by atoms with E-state index in [1.807, 2.05) is 12.1 Å². The molecule has 0 saturated carbocycles. The Morgan fingerprint density at radius 1 is 1.13 bits per heavy atom. The number of hydrogen-bond donors (Lipinski definition) is 1. The van der Waals surface area contributed by atoms with Crippen molar-refractivity contribution < 1.29 is 4.39 Å². The van der Waals surface area contributed by atoms with Crippen LogP contribution < -0.4 is 5.32 Å². The van der Waals surface area contributed by atoms with Crippen molar-refractivity contribution in [3.63, 3.8) is 0 Å². The van der Waals surface area contributed by atoms with Gasteiger partial charge in [-0.1, -0.05) is 50.2 Å². The zero-order valence-corrected chi connectivity index (χ0v) is 13.9. The van der Waals surface area contributed by atoms with Crippen molar-refractivity contribution in [2.24, 2.45) is 0 Å². The van der Waals surface area contributed by atoms with Crippen LogP contribution in [0.25, 0.3) is 0 Å². The third-order valence-corrected chi connectivity index (χ3v) is 4.57. The van der Waals surface area contributed by atoms with Gasteiger partial charge >= 0.3 is 0 Å². The molecule has 0 aliphatic carbocycles. The Hall–Kier alpha value is -1.71. The van der Waals surface area contributed by atoms with Gasteiger partial charge in [0.05, 0.1) is 0 Å². The fraction of sp³-hybridized carbons (Fsp3) is 0.400. The third kappa shape index (κ3) is 3.98. The van der Waals surface area contributed by atoms with Crippen molar-refractivity contribution in [3.05, 3.63) is 71.0 Å². The highest BCUT2D eigenvalue weighted by molar-refractivity contribution is 5.33. The zero-order valence-electron chi connectivity index (χ0n) is 13.9. The molecule has 3 rings (SSSR count). The summed E-state index contributed by atoms with van der Waals surface area (Å²) in [7, 11) is 0. The summed E-state index contributed by atoms with van der Waals surface area (Å²) in [6, 6.07) is 16.0. The number of rotatable bonds is 4. The van der Waals surface area contributed by atoms with Gasteiger partial charge in [0.2, 0.25) is 0 Å². The highest BCUT2D eigenvalue weighted by atomic mass is 19.1. The molecular weight excluding hydrogens is 287 g/mol. The predicted octanol–water partition coefficient (Wildman–Crippen LogP) is 4.10. The van der Waals surface area contributed by atoms with Crippen LogP contribution in [-0.2, 0) is 6.54 Å². The summed E-state index contributed by atoms with van der Waals surface area (Å²) in [6.07, 6.45) is 0. The molecule has 0 bridgehead atoms. The lowest BCUT2D eigenvalue weighted by Gasteiger charge is -2.35. The molecule has 3 heteroatoms. The monoisotopic (exact) mass is 312 g/mol. The molecule has 0 amide bonds. The predicted molar refractivity (Wildman–Crippen MR) is 93.0 cm³/mol. The van der Waals surface area contributed by atoms with Crippen molar-refractivity contribution >= 4 is 0 Å². The number of halogens is 1. The van der Waals surface area contributed by atoms with E-state index in [0.29, 0.717) is 12.0 Å². The fourth-order valence-electron chi connectivity index (χ4n) is 3.36. The van der Waals surface area contributed by atoms with Gasteiger partial charge in [-0.2, -0.15) is 0 Å². The minimum atomic E-state index is -0.169. The normalized spacial score (nSPS) is 19.2. The SMILES string of the molecule is CC(C)c1ccccc1[C@@H]1CN(Cc2ccc(F)cc2)CCN1. The molecule has 1 heterocycles. The second kappa shape index (κ2) is 7.24. The standard InChI is InChI=1S/C20H25FN2/c1-15(2)18-5-3-4-6-19(18)20-14-23(12-11-22-20)13-16-7-9-17(21)10-8-16/h3-10,15,20,22H,11-14H2,1-2H3/t20-/m0/s1. The van der Waals surface area contributed by atoms with Crippen LogP contribution in [0.3, 0.4) is 0 Å². The maximum absolute atomic E-state index is 13.0. The number of hydrogen-bond acceptors (Lipinski definition) is 2. The molecule has 2 nitrogen and oxygen atoms in total. The molecule has 122 valence electrons. The van der Waals surface area contributed by atoms with Gasteiger partial charge in [-0.15, -0.1) is 0 Å². The van der Waals surface area contributed by atoms with Crippen LogP contribution in [0.4, 0.5) is 4.39 Å². The first kappa shape index (κ1) is 16.2. The summed E-state index contributed by atoms with van der Waals surface area (Å²) in [6.45, 7) is 8.37. The van der Waals surface area contributed by atoms with Gasteiger partial charge in [0.1, 0.15) is 5.82 Å². The molecule has 0 radical (unpaired) electrons. The average molecular weight is 312 g/mol. The Kier molecular flexibility index (Phi) is 5.09. The first-order valence-corrected chi connectivity index (χ1v) is 8.42. The Bertz CT molecular complexity index is 636. The quantitative estimate of drug-likeness (QED) is 0.914. The molecule has 1 N–H and O–H groups in total. The Labute approximate surface area is 138 Å². The smallest absolute Gasteiger partial charge is 0.123 e. The average Bonchev–Trinajstić information content (AvgIpc) is 2.57. The van der Waals surface area contributed by atoms with Crippen molar-refractivity contribution in [3.8, 4) is 0 Å². The van der Waals surface area contributed by atoms with Crippen LogP contribution in [0.5, 0.6) is 0 Å². The summed E-state index contributed by atoms with van der Waals surface area (Å²) < 4.78 is 13.0. The maximum Gasteiger partial charge on any atom is 0.123 e. The zero-order chi connectivity index (χ0) is 16.2. The lowest BCUT2D eigenvalue weighted by molar-refractivity contribution is 0.192. The van der Waals surface area contributed by atoms with Crippen molar-refractivity contribution in [2.75, 3.05) is 19.6 Å². The highest BCUT2D eigenvalue weighted by Crippen LogP contribution is 2.27. The molecule has 1 aliphatic rings. The number of nitrogens with zero attached hydrogens (tertiary/aromatic N) is 1. The van der Waals surface area contributed by atoms with Crippen molar-refractivity contribution in [2.45, 2.75) is 32.4 Å². The van der Waals surface area contributed by atoms with E-state index in [1.165, 1.54) is 16.7 Å². The summed E-state index contributed by atoms with van der Waals surface area (Å²) >= 11 is 0. The lowest BCUT2D eigenvalue weighted by Crippen LogP contribution is -2.45. The van der Waals surface area contributed by atoms with E-state index in [1.54, 1.807) is 12.1 Å². The lowest BCUT2D eigenvalue weighted by atomic mass is 9.92. The molecule has 2 aromatic carbocycles. The molecule has 23 heavy (non-hydrogen) atoms. The number of piperazine rings is 1. The maximum atomic E-state index is 13.0. The fourth-order valence-corrected chi connectivity index (χ4v) is 3.36. The number of nitrogens with one attached hydrogen (secondary N) is 1. The van der Waals surface area contributed by atoms with E-state index < -0.39 is 0 Å².